The number of amides is 2. The molecule has 0 bridgehead atoms. The van der Waals surface area contributed by atoms with E-state index in [9.17, 15) is 9.59 Å². The molecule has 1 heterocycles. The summed E-state index contributed by atoms with van der Waals surface area (Å²) >= 11 is 1.51. The molecular weight excluding hydrogens is 380 g/mol. The molecule has 148 valence electrons. The quantitative estimate of drug-likeness (QED) is 0.539. The van der Waals surface area contributed by atoms with Crippen LogP contribution in [0.5, 0.6) is 0 Å². The van der Waals surface area contributed by atoms with Crippen molar-refractivity contribution in [3.63, 3.8) is 0 Å². The molecule has 3 rings (SSSR count). The molecule has 3 aromatic rings. The number of rotatable bonds is 7. The zero-order valence-electron chi connectivity index (χ0n) is 16.5. The van der Waals surface area contributed by atoms with Gasteiger partial charge in [0, 0.05) is 10.4 Å². The summed E-state index contributed by atoms with van der Waals surface area (Å²) in [6.45, 7) is 4.06. The minimum atomic E-state index is -0.313. The maximum atomic E-state index is 13.1. The van der Waals surface area contributed by atoms with Crippen LogP contribution < -0.4 is 10.6 Å². The number of carbonyl (C=O) groups excluding carboxylic acids is 2. The molecule has 1 aromatic heterocycles. The molecule has 0 radical (unpaired) electrons. The summed E-state index contributed by atoms with van der Waals surface area (Å²) < 4.78 is 0. The monoisotopic (exact) mass is 404 g/mol. The number of aryl methyl sites for hydroxylation is 1. The highest BCUT2D eigenvalue weighted by Crippen LogP contribution is 2.19. The zero-order valence-corrected chi connectivity index (χ0v) is 17.3. The lowest BCUT2D eigenvalue weighted by molar-refractivity contribution is -0.118. The van der Waals surface area contributed by atoms with E-state index in [0.717, 1.165) is 16.9 Å². The highest BCUT2D eigenvalue weighted by Gasteiger charge is 2.19. The number of hydrogen-bond acceptors (Lipinski definition) is 3. The van der Waals surface area contributed by atoms with Gasteiger partial charge in [-0.25, -0.2) is 0 Å². The maximum absolute atomic E-state index is 13.1. The van der Waals surface area contributed by atoms with Crippen LogP contribution >= 0.6 is 11.3 Å². The van der Waals surface area contributed by atoms with Gasteiger partial charge in [-0.3, -0.25) is 9.59 Å². The van der Waals surface area contributed by atoms with E-state index in [4.69, 9.17) is 0 Å². The number of hydrogen-bond donors (Lipinski definition) is 2. The van der Waals surface area contributed by atoms with Crippen molar-refractivity contribution in [3.05, 3.63) is 99.4 Å². The summed E-state index contributed by atoms with van der Waals surface area (Å²) in [5.74, 6) is -0.623. The largest absolute Gasteiger partial charge is 0.344 e. The van der Waals surface area contributed by atoms with E-state index in [1.165, 1.54) is 16.9 Å². The Morgan fingerprint density at radius 2 is 1.72 bits per heavy atom. The van der Waals surface area contributed by atoms with Crippen molar-refractivity contribution in [2.45, 2.75) is 26.3 Å². The lowest BCUT2D eigenvalue weighted by Crippen LogP contribution is -2.36. The molecule has 0 saturated carbocycles. The topological polar surface area (TPSA) is 58.2 Å². The Kier molecular flexibility index (Phi) is 6.98. The van der Waals surface area contributed by atoms with E-state index < -0.39 is 0 Å². The van der Waals surface area contributed by atoms with Gasteiger partial charge in [0.25, 0.3) is 11.8 Å². The van der Waals surface area contributed by atoms with Gasteiger partial charge in [0.1, 0.15) is 5.70 Å². The van der Waals surface area contributed by atoms with Gasteiger partial charge in [-0.2, -0.15) is 0 Å². The molecule has 0 aliphatic rings. The van der Waals surface area contributed by atoms with Gasteiger partial charge in [0.05, 0.1) is 6.04 Å². The molecule has 2 N–H and O–H groups in total. The molecule has 0 saturated heterocycles. The third-order valence-electron chi connectivity index (χ3n) is 4.55. The van der Waals surface area contributed by atoms with Crippen LogP contribution in [0, 0.1) is 6.92 Å². The van der Waals surface area contributed by atoms with Crippen LogP contribution in [0.25, 0.3) is 6.08 Å². The molecule has 2 amide bonds. The van der Waals surface area contributed by atoms with Gasteiger partial charge < -0.3 is 10.6 Å². The Morgan fingerprint density at radius 1 is 1.00 bits per heavy atom. The number of carbonyl (C=O) groups is 2. The molecule has 4 nitrogen and oxygen atoms in total. The number of benzene rings is 2. The molecule has 5 heteroatoms. The Bertz CT molecular complexity index is 977. The lowest BCUT2D eigenvalue weighted by Gasteiger charge is -2.19. The minimum Gasteiger partial charge on any atom is -0.344 e. The van der Waals surface area contributed by atoms with Crippen LogP contribution in [0.1, 0.15) is 45.7 Å². The van der Waals surface area contributed by atoms with Crippen LogP contribution in [0.4, 0.5) is 0 Å². The second kappa shape index (κ2) is 9.85. The predicted octanol–water partition coefficient (Wildman–Crippen LogP) is 5.09. The van der Waals surface area contributed by atoms with Gasteiger partial charge in [-0.05, 0) is 48.6 Å². The van der Waals surface area contributed by atoms with E-state index in [2.05, 4.69) is 10.6 Å². The summed E-state index contributed by atoms with van der Waals surface area (Å²) in [7, 11) is 0. The van der Waals surface area contributed by atoms with Crippen molar-refractivity contribution in [2.75, 3.05) is 0 Å². The predicted molar refractivity (Wildman–Crippen MR) is 119 cm³/mol. The first-order valence-electron chi connectivity index (χ1n) is 9.56. The van der Waals surface area contributed by atoms with Crippen molar-refractivity contribution in [1.82, 2.24) is 10.6 Å². The van der Waals surface area contributed by atoms with Crippen molar-refractivity contribution < 1.29 is 9.59 Å². The van der Waals surface area contributed by atoms with Crippen molar-refractivity contribution in [3.8, 4) is 0 Å². The van der Waals surface area contributed by atoms with Crippen LogP contribution in [-0.2, 0) is 4.79 Å². The third kappa shape index (κ3) is 5.65. The van der Waals surface area contributed by atoms with Crippen LogP contribution in [0.2, 0.25) is 0 Å². The molecule has 0 aliphatic carbocycles. The van der Waals surface area contributed by atoms with Crippen molar-refractivity contribution >= 4 is 29.2 Å². The Balaban J connectivity index is 1.82. The van der Waals surface area contributed by atoms with Crippen molar-refractivity contribution in [1.29, 1.82) is 0 Å². The lowest BCUT2D eigenvalue weighted by atomic mass is 10.0. The number of nitrogens with one attached hydrogen (secondary N) is 2. The van der Waals surface area contributed by atoms with Gasteiger partial charge in [0.2, 0.25) is 0 Å². The molecule has 0 aliphatic heterocycles. The molecule has 0 fully saturated rings. The summed E-state index contributed by atoms with van der Waals surface area (Å²) in [6, 6.07) is 20.7. The highest BCUT2D eigenvalue weighted by atomic mass is 32.1. The van der Waals surface area contributed by atoms with E-state index in [1.54, 1.807) is 30.3 Å². The Labute approximate surface area is 175 Å². The van der Waals surface area contributed by atoms with Gasteiger partial charge in [-0.15, -0.1) is 11.3 Å². The Morgan fingerprint density at radius 3 is 2.34 bits per heavy atom. The average Bonchev–Trinajstić information content (AvgIpc) is 3.26. The molecular formula is C24H24N2O2S. The third-order valence-corrected chi connectivity index (χ3v) is 5.37. The van der Waals surface area contributed by atoms with E-state index in [0.29, 0.717) is 5.56 Å². The summed E-state index contributed by atoms with van der Waals surface area (Å²) in [4.78, 5) is 26.6. The molecule has 29 heavy (non-hydrogen) atoms. The van der Waals surface area contributed by atoms with Gasteiger partial charge in [0.15, 0.2) is 0 Å². The van der Waals surface area contributed by atoms with E-state index >= 15 is 0 Å². The first kappa shape index (κ1) is 20.6. The van der Waals surface area contributed by atoms with Crippen LogP contribution in [0.3, 0.4) is 0 Å². The summed E-state index contributed by atoms with van der Waals surface area (Å²) in [6.07, 6.45) is 2.45. The number of thiophene rings is 1. The van der Waals surface area contributed by atoms with Crippen LogP contribution in [-0.4, -0.2) is 11.8 Å². The SMILES string of the molecule is CCC(NC(=O)/C(=C/c1cccs1)NC(=O)c1ccccc1)c1ccc(C)cc1. The molecule has 2 aromatic carbocycles. The fourth-order valence-electron chi connectivity index (χ4n) is 2.91. The zero-order chi connectivity index (χ0) is 20.6. The molecule has 1 atom stereocenters. The summed E-state index contributed by atoms with van der Waals surface area (Å²) in [5, 5.41) is 7.76. The highest BCUT2D eigenvalue weighted by molar-refractivity contribution is 7.10. The first-order valence-corrected chi connectivity index (χ1v) is 10.4. The first-order chi connectivity index (χ1) is 14.1. The van der Waals surface area contributed by atoms with Crippen LogP contribution in [0.15, 0.2) is 77.8 Å². The average molecular weight is 405 g/mol. The Hall–Kier alpha value is -3.18. The minimum absolute atomic E-state index is 0.136. The fraction of sp³-hybridized carbons (Fsp3) is 0.167. The van der Waals surface area contributed by atoms with Gasteiger partial charge in [-0.1, -0.05) is 61.0 Å². The molecule has 0 spiro atoms. The second-order valence-electron chi connectivity index (χ2n) is 6.74. The molecule has 1 unspecified atom stereocenters. The standard InChI is InChI=1S/C24H24N2O2S/c1-3-21(18-13-11-17(2)12-14-18)25-24(28)22(16-20-10-7-15-29-20)26-23(27)19-8-5-4-6-9-19/h4-16,21H,3H2,1-2H3,(H,25,28)(H,26,27)/b22-16-. The fourth-order valence-corrected chi connectivity index (χ4v) is 3.57. The van der Waals surface area contributed by atoms with E-state index in [1.807, 2.05) is 61.7 Å². The normalized spacial score (nSPS) is 12.3. The summed E-state index contributed by atoms with van der Waals surface area (Å²) in [5.41, 5.74) is 2.94. The second-order valence-corrected chi connectivity index (χ2v) is 7.72. The smallest absolute Gasteiger partial charge is 0.268 e. The maximum Gasteiger partial charge on any atom is 0.268 e. The van der Waals surface area contributed by atoms with Gasteiger partial charge >= 0.3 is 0 Å². The van der Waals surface area contributed by atoms with E-state index in [-0.39, 0.29) is 23.6 Å². The van der Waals surface area contributed by atoms with Crippen molar-refractivity contribution in [2.24, 2.45) is 0 Å².